The molecule has 0 aliphatic heterocycles. The van der Waals surface area contributed by atoms with Crippen LogP contribution in [-0.2, 0) is 4.74 Å². The highest BCUT2D eigenvalue weighted by atomic mass is 32.2. The van der Waals surface area contributed by atoms with E-state index in [4.69, 9.17) is 14.9 Å². The molecule has 0 aromatic heterocycles. The van der Waals surface area contributed by atoms with Crippen LogP contribution >= 0.6 is 11.8 Å². The van der Waals surface area contributed by atoms with Gasteiger partial charge in [0.05, 0.1) is 19.8 Å². The summed E-state index contributed by atoms with van der Waals surface area (Å²) in [5.74, 6) is 2.27. The summed E-state index contributed by atoms with van der Waals surface area (Å²) in [7, 11) is 0. The number of hydrogen-bond acceptors (Lipinski definition) is 4. The lowest BCUT2D eigenvalue weighted by molar-refractivity contribution is 0.103. The molecular formula is C8H18O3S. The molecule has 12 heavy (non-hydrogen) atoms. The third-order valence-electron chi connectivity index (χ3n) is 1.32. The molecule has 0 rings (SSSR count). The first-order chi connectivity index (χ1) is 5.81. The van der Waals surface area contributed by atoms with Gasteiger partial charge in [-0.2, -0.15) is 11.8 Å². The van der Waals surface area contributed by atoms with Crippen molar-refractivity contribution in [2.45, 2.75) is 6.92 Å². The van der Waals surface area contributed by atoms with E-state index in [1.165, 1.54) is 0 Å². The lowest BCUT2D eigenvalue weighted by Crippen LogP contribution is -2.07. The average molecular weight is 194 g/mol. The molecule has 0 amide bonds. The molecule has 0 aromatic carbocycles. The first-order valence-corrected chi connectivity index (χ1v) is 5.34. The highest BCUT2D eigenvalue weighted by Crippen LogP contribution is 2.06. The van der Waals surface area contributed by atoms with E-state index in [1.54, 1.807) is 11.8 Å². The van der Waals surface area contributed by atoms with E-state index < -0.39 is 0 Å². The largest absolute Gasteiger partial charge is 0.396 e. The zero-order chi connectivity index (χ0) is 9.23. The Balaban J connectivity index is 2.90. The van der Waals surface area contributed by atoms with Crippen LogP contribution in [0.4, 0.5) is 0 Å². The molecular weight excluding hydrogens is 176 g/mol. The highest BCUT2D eigenvalue weighted by Gasteiger charge is 1.98. The van der Waals surface area contributed by atoms with Crippen LogP contribution in [0.5, 0.6) is 0 Å². The van der Waals surface area contributed by atoms with Crippen molar-refractivity contribution in [3.63, 3.8) is 0 Å². The van der Waals surface area contributed by atoms with Crippen LogP contribution in [0.2, 0.25) is 0 Å². The van der Waals surface area contributed by atoms with Crippen LogP contribution in [0.3, 0.4) is 0 Å². The zero-order valence-corrected chi connectivity index (χ0v) is 8.35. The Morgan fingerprint density at radius 2 is 2.08 bits per heavy atom. The van der Waals surface area contributed by atoms with Crippen LogP contribution in [0.25, 0.3) is 0 Å². The summed E-state index contributed by atoms with van der Waals surface area (Å²) in [5.41, 5.74) is 0. The molecule has 0 bridgehead atoms. The molecule has 1 unspecified atom stereocenters. The Morgan fingerprint density at radius 3 is 2.67 bits per heavy atom. The fourth-order valence-corrected chi connectivity index (χ4v) is 1.53. The molecule has 3 nitrogen and oxygen atoms in total. The van der Waals surface area contributed by atoms with Crippen LogP contribution in [0.1, 0.15) is 6.92 Å². The van der Waals surface area contributed by atoms with Gasteiger partial charge >= 0.3 is 0 Å². The van der Waals surface area contributed by atoms with Gasteiger partial charge in [0.25, 0.3) is 0 Å². The molecule has 0 aliphatic carbocycles. The van der Waals surface area contributed by atoms with E-state index in [1.807, 2.05) is 6.92 Å². The Bertz CT molecular complexity index is 90.4. The van der Waals surface area contributed by atoms with Gasteiger partial charge in [-0.05, 0) is 11.7 Å². The molecule has 0 saturated heterocycles. The van der Waals surface area contributed by atoms with Crippen molar-refractivity contribution in [1.29, 1.82) is 0 Å². The maximum absolute atomic E-state index is 8.70. The van der Waals surface area contributed by atoms with Crippen LogP contribution in [-0.4, -0.2) is 48.1 Å². The molecule has 0 saturated carbocycles. The Morgan fingerprint density at radius 1 is 1.33 bits per heavy atom. The second kappa shape index (κ2) is 9.32. The zero-order valence-electron chi connectivity index (χ0n) is 7.53. The number of ether oxygens (including phenoxy) is 1. The van der Waals surface area contributed by atoms with Crippen LogP contribution in [0.15, 0.2) is 0 Å². The van der Waals surface area contributed by atoms with Crippen LogP contribution < -0.4 is 0 Å². The molecule has 0 radical (unpaired) electrons. The first kappa shape index (κ1) is 12.2. The summed E-state index contributed by atoms with van der Waals surface area (Å²) in [4.78, 5) is 0. The summed E-state index contributed by atoms with van der Waals surface area (Å²) in [6.07, 6.45) is 0. The van der Waals surface area contributed by atoms with Crippen molar-refractivity contribution in [2.24, 2.45) is 5.92 Å². The van der Waals surface area contributed by atoms with E-state index in [-0.39, 0.29) is 13.2 Å². The predicted octanol–water partition coefficient (Wildman–Crippen LogP) is 0.357. The lowest BCUT2D eigenvalue weighted by atomic mass is 10.2. The molecule has 4 heteroatoms. The minimum absolute atomic E-state index is 0.0949. The standard InChI is InChI=1S/C8H18O3S/c1-8(6-10)7-12-5-4-11-3-2-9/h8-10H,2-7H2,1H3. The van der Waals surface area contributed by atoms with Crippen molar-refractivity contribution >= 4 is 11.8 Å². The summed E-state index contributed by atoms with van der Waals surface area (Å²) in [5, 5.41) is 17.1. The van der Waals surface area contributed by atoms with Gasteiger partial charge in [-0.25, -0.2) is 0 Å². The third-order valence-corrected chi connectivity index (χ3v) is 2.58. The Kier molecular flexibility index (Phi) is 9.50. The summed E-state index contributed by atoms with van der Waals surface area (Å²) in [6, 6.07) is 0. The molecule has 0 aliphatic rings. The fourth-order valence-electron chi connectivity index (χ4n) is 0.622. The first-order valence-electron chi connectivity index (χ1n) is 4.18. The van der Waals surface area contributed by atoms with Crippen molar-refractivity contribution in [2.75, 3.05) is 37.9 Å². The highest BCUT2D eigenvalue weighted by molar-refractivity contribution is 7.99. The summed E-state index contributed by atoms with van der Waals surface area (Å²) in [6.45, 7) is 3.48. The predicted molar refractivity (Wildman–Crippen MR) is 51.5 cm³/mol. The second-order valence-corrected chi connectivity index (χ2v) is 3.85. The van der Waals surface area contributed by atoms with Gasteiger partial charge in [0, 0.05) is 12.4 Å². The summed E-state index contributed by atoms with van der Waals surface area (Å²) >= 11 is 1.77. The average Bonchev–Trinajstić information content (AvgIpc) is 2.10. The van der Waals surface area contributed by atoms with E-state index in [0.29, 0.717) is 19.1 Å². The molecule has 1 atom stereocenters. The maximum Gasteiger partial charge on any atom is 0.0698 e. The number of hydrogen-bond donors (Lipinski definition) is 2. The van der Waals surface area contributed by atoms with E-state index in [2.05, 4.69) is 0 Å². The molecule has 0 aromatic rings. The summed E-state index contributed by atoms with van der Waals surface area (Å²) < 4.78 is 5.06. The molecule has 0 fully saturated rings. The third kappa shape index (κ3) is 8.33. The molecule has 0 heterocycles. The molecule has 0 spiro atoms. The topological polar surface area (TPSA) is 49.7 Å². The van der Waals surface area contributed by atoms with E-state index in [0.717, 1.165) is 11.5 Å². The Labute approximate surface area is 78.1 Å². The number of aliphatic hydroxyl groups excluding tert-OH is 2. The van der Waals surface area contributed by atoms with Gasteiger partial charge in [-0.15, -0.1) is 0 Å². The van der Waals surface area contributed by atoms with Crippen molar-refractivity contribution < 1.29 is 14.9 Å². The van der Waals surface area contributed by atoms with Gasteiger partial charge in [-0.1, -0.05) is 6.92 Å². The normalized spacial score (nSPS) is 13.2. The quantitative estimate of drug-likeness (QED) is 0.548. The smallest absolute Gasteiger partial charge is 0.0698 e. The monoisotopic (exact) mass is 194 g/mol. The maximum atomic E-state index is 8.70. The van der Waals surface area contributed by atoms with Crippen LogP contribution in [0, 0.1) is 5.92 Å². The van der Waals surface area contributed by atoms with Crippen molar-refractivity contribution in [3.05, 3.63) is 0 Å². The number of rotatable bonds is 8. The Hall–Kier alpha value is 0.230. The van der Waals surface area contributed by atoms with Gasteiger partial charge in [0.1, 0.15) is 0 Å². The molecule has 2 N–H and O–H groups in total. The SMILES string of the molecule is CC(CO)CSCCOCCO. The van der Waals surface area contributed by atoms with Gasteiger partial charge < -0.3 is 14.9 Å². The van der Waals surface area contributed by atoms with Gasteiger partial charge in [0.15, 0.2) is 0 Å². The minimum atomic E-state index is 0.0949. The van der Waals surface area contributed by atoms with E-state index >= 15 is 0 Å². The minimum Gasteiger partial charge on any atom is -0.396 e. The number of aliphatic hydroxyl groups is 2. The second-order valence-electron chi connectivity index (χ2n) is 2.70. The fraction of sp³-hybridized carbons (Fsp3) is 1.00. The number of thioether (sulfide) groups is 1. The van der Waals surface area contributed by atoms with Gasteiger partial charge in [-0.3, -0.25) is 0 Å². The lowest BCUT2D eigenvalue weighted by Gasteiger charge is -2.06. The molecule has 74 valence electrons. The van der Waals surface area contributed by atoms with E-state index in [9.17, 15) is 0 Å². The van der Waals surface area contributed by atoms with Crippen molar-refractivity contribution in [1.82, 2.24) is 0 Å². The van der Waals surface area contributed by atoms with Gasteiger partial charge in [0.2, 0.25) is 0 Å². The van der Waals surface area contributed by atoms with Crippen molar-refractivity contribution in [3.8, 4) is 0 Å².